The maximum absolute atomic E-state index is 13.1. The molecule has 0 saturated heterocycles. The Morgan fingerprint density at radius 2 is 1.78 bits per heavy atom. The summed E-state index contributed by atoms with van der Waals surface area (Å²) in [6.07, 6.45) is 1.46. The molecule has 0 aliphatic carbocycles. The van der Waals surface area contributed by atoms with Gasteiger partial charge in [0.2, 0.25) is 15.9 Å². The minimum absolute atomic E-state index is 0.258. The maximum Gasteiger partial charge on any atom is 0.246 e. The van der Waals surface area contributed by atoms with Crippen molar-refractivity contribution in [2.24, 2.45) is 0 Å². The Morgan fingerprint density at radius 3 is 2.33 bits per heavy atom. The smallest absolute Gasteiger partial charge is 0.246 e. The Balaban J connectivity index is 2.40. The first kappa shape index (κ1) is 21.3. The summed E-state index contributed by atoms with van der Waals surface area (Å²) in [5.41, 5.74) is 2.15. The highest BCUT2D eigenvalue weighted by atomic mass is 35.5. The van der Waals surface area contributed by atoms with Gasteiger partial charge in [0.1, 0.15) is 6.04 Å². The molecule has 0 aliphatic heterocycles. The van der Waals surface area contributed by atoms with Crippen LogP contribution in [0.25, 0.3) is 0 Å². The van der Waals surface area contributed by atoms with Crippen LogP contribution in [-0.4, -0.2) is 38.6 Å². The van der Waals surface area contributed by atoms with Gasteiger partial charge in [0, 0.05) is 18.6 Å². The van der Waals surface area contributed by atoms with Gasteiger partial charge >= 0.3 is 0 Å². The van der Waals surface area contributed by atoms with Crippen molar-refractivity contribution < 1.29 is 13.2 Å². The third-order valence-corrected chi connectivity index (χ3v) is 5.76. The van der Waals surface area contributed by atoms with E-state index in [1.54, 1.807) is 44.0 Å². The minimum atomic E-state index is -3.69. The predicted octanol–water partition coefficient (Wildman–Crippen LogP) is 3.85. The van der Waals surface area contributed by atoms with Crippen molar-refractivity contribution in [2.75, 3.05) is 17.6 Å². The Hall–Kier alpha value is -2.05. The standard InChI is InChI=1S/C20H25ClN2O3S/c1-5-18(20(24)22(3)14-16-9-7-6-8-10-16)23(27(4,25)26)19-13-17(21)12-11-15(19)2/h6-13,18H,5,14H2,1-4H3. The number of likely N-dealkylation sites (N-methyl/N-ethyl adjacent to an activating group) is 1. The van der Waals surface area contributed by atoms with E-state index in [2.05, 4.69) is 0 Å². The summed E-state index contributed by atoms with van der Waals surface area (Å²) >= 11 is 6.09. The largest absolute Gasteiger partial charge is 0.340 e. The third kappa shape index (κ3) is 5.23. The van der Waals surface area contributed by atoms with Gasteiger partial charge in [0.25, 0.3) is 0 Å². The predicted molar refractivity (Wildman–Crippen MR) is 111 cm³/mol. The zero-order valence-corrected chi connectivity index (χ0v) is 17.6. The van der Waals surface area contributed by atoms with Crippen LogP contribution in [0.3, 0.4) is 0 Å². The van der Waals surface area contributed by atoms with Gasteiger partial charge in [-0.15, -0.1) is 0 Å². The van der Waals surface area contributed by atoms with Gasteiger partial charge in [-0.3, -0.25) is 9.10 Å². The molecule has 0 N–H and O–H groups in total. The fourth-order valence-electron chi connectivity index (χ4n) is 3.03. The number of nitrogens with zero attached hydrogens (tertiary/aromatic N) is 2. The molecule has 5 nitrogen and oxygen atoms in total. The van der Waals surface area contributed by atoms with E-state index in [1.165, 1.54) is 4.31 Å². The average Bonchev–Trinajstić information content (AvgIpc) is 2.61. The lowest BCUT2D eigenvalue weighted by Gasteiger charge is -2.33. The summed E-state index contributed by atoms with van der Waals surface area (Å²) in [5, 5.41) is 0.421. The van der Waals surface area contributed by atoms with Crippen molar-refractivity contribution in [1.29, 1.82) is 0 Å². The molecule has 0 radical (unpaired) electrons. The lowest BCUT2D eigenvalue weighted by molar-refractivity contribution is -0.131. The van der Waals surface area contributed by atoms with Crippen LogP contribution in [0.2, 0.25) is 5.02 Å². The first-order valence-corrected chi connectivity index (χ1v) is 10.9. The van der Waals surface area contributed by atoms with Crippen molar-refractivity contribution >= 4 is 33.2 Å². The number of rotatable bonds is 7. The first-order chi connectivity index (χ1) is 12.6. The second-order valence-corrected chi connectivity index (χ2v) is 8.89. The Bertz CT molecular complexity index is 901. The van der Waals surface area contributed by atoms with Crippen LogP contribution in [0.1, 0.15) is 24.5 Å². The number of anilines is 1. The molecule has 1 atom stereocenters. The van der Waals surface area contributed by atoms with Crippen LogP contribution in [0, 0.1) is 6.92 Å². The number of halogens is 1. The number of aryl methyl sites for hydroxylation is 1. The molecule has 2 rings (SSSR count). The molecule has 0 heterocycles. The molecular weight excluding hydrogens is 384 g/mol. The molecule has 146 valence electrons. The Labute approximate surface area is 166 Å². The topological polar surface area (TPSA) is 57.7 Å². The van der Waals surface area contributed by atoms with E-state index in [4.69, 9.17) is 11.6 Å². The van der Waals surface area contributed by atoms with Crippen molar-refractivity contribution in [3.63, 3.8) is 0 Å². The summed E-state index contributed by atoms with van der Waals surface area (Å²) in [4.78, 5) is 14.7. The SMILES string of the molecule is CCC(C(=O)N(C)Cc1ccccc1)N(c1cc(Cl)ccc1C)S(C)(=O)=O. The second kappa shape index (κ2) is 8.76. The summed E-state index contributed by atoms with van der Waals surface area (Å²) in [5.74, 6) is -0.258. The summed E-state index contributed by atoms with van der Waals surface area (Å²) in [6, 6.07) is 13.8. The van der Waals surface area contributed by atoms with Crippen LogP contribution >= 0.6 is 11.6 Å². The van der Waals surface area contributed by atoms with E-state index in [9.17, 15) is 13.2 Å². The normalized spacial score (nSPS) is 12.5. The monoisotopic (exact) mass is 408 g/mol. The number of carbonyl (C=O) groups excluding carboxylic acids is 1. The van der Waals surface area contributed by atoms with Crippen LogP contribution in [-0.2, 0) is 21.4 Å². The van der Waals surface area contributed by atoms with E-state index >= 15 is 0 Å². The fraction of sp³-hybridized carbons (Fsp3) is 0.350. The second-order valence-electron chi connectivity index (χ2n) is 6.59. The molecule has 2 aromatic rings. The van der Waals surface area contributed by atoms with Gasteiger partial charge in [-0.25, -0.2) is 8.42 Å². The third-order valence-electron chi connectivity index (χ3n) is 4.36. The van der Waals surface area contributed by atoms with Gasteiger partial charge in [0.15, 0.2) is 0 Å². The van der Waals surface area contributed by atoms with Gasteiger partial charge in [-0.1, -0.05) is 54.9 Å². The van der Waals surface area contributed by atoms with Crippen molar-refractivity contribution in [3.8, 4) is 0 Å². The summed E-state index contributed by atoms with van der Waals surface area (Å²) in [6.45, 7) is 4.01. The van der Waals surface area contributed by atoms with Gasteiger partial charge in [0.05, 0.1) is 11.9 Å². The molecule has 0 aliphatic rings. The molecule has 0 aromatic heterocycles. The Morgan fingerprint density at radius 1 is 1.15 bits per heavy atom. The first-order valence-electron chi connectivity index (χ1n) is 8.69. The quantitative estimate of drug-likeness (QED) is 0.699. The molecule has 0 spiro atoms. The lowest BCUT2D eigenvalue weighted by Crippen LogP contribution is -2.49. The molecule has 0 bridgehead atoms. The van der Waals surface area contributed by atoms with E-state index in [1.807, 2.05) is 30.3 Å². The highest BCUT2D eigenvalue weighted by molar-refractivity contribution is 7.92. The van der Waals surface area contributed by atoms with Crippen LogP contribution in [0.5, 0.6) is 0 Å². The molecule has 0 fully saturated rings. The van der Waals surface area contributed by atoms with Gasteiger partial charge in [-0.05, 0) is 36.6 Å². The molecule has 0 saturated carbocycles. The molecular formula is C20H25ClN2O3S. The summed E-state index contributed by atoms with van der Waals surface area (Å²) < 4.78 is 26.4. The molecule has 1 unspecified atom stereocenters. The lowest BCUT2D eigenvalue weighted by atomic mass is 10.1. The van der Waals surface area contributed by atoms with E-state index < -0.39 is 16.1 Å². The number of carbonyl (C=O) groups is 1. The van der Waals surface area contributed by atoms with Gasteiger partial charge < -0.3 is 4.90 Å². The average molecular weight is 409 g/mol. The number of amides is 1. The summed E-state index contributed by atoms with van der Waals surface area (Å²) in [7, 11) is -2.01. The Kier molecular flexibility index (Phi) is 6.89. The number of sulfonamides is 1. The number of hydrogen-bond donors (Lipinski definition) is 0. The minimum Gasteiger partial charge on any atom is -0.340 e. The number of benzene rings is 2. The van der Waals surface area contributed by atoms with Crippen molar-refractivity contribution in [2.45, 2.75) is 32.9 Å². The fourth-order valence-corrected chi connectivity index (χ4v) is 4.45. The molecule has 7 heteroatoms. The van der Waals surface area contributed by atoms with Crippen LogP contribution in [0.4, 0.5) is 5.69 Å². The maximum atomic E-state index is 13.1. The molecule has 2 aromatic carbocycles. The zero-order chi connectivity index (χ0) is 20.2. The van der Waals surface area contributed by atoms with Crippen molar-refractivity contribution in [3.05, 3.63) is 64.7 Å². The molecule has 1 amide bonds. The zero-order valence-electron chi connectivity index (χ0n) is 16.0. The van der Waals surface area contributed by atoms with Crippen molar-refractivity contribution in [1.82, 2.24) is 4.90 Å². The number of hydrogen-bond acceptors (Lipinski definition) is 3. The highest BCUT2D eigenvalue weighted by Gasteiger charge is 2.34. The van der Waals surface area contributed by atoms with Crippen LogP contribution in [0.15, 0.2) is 48.5 Å². The van der Waals surface area contributed by atoms with E-state index in [-0.39, 0.29) is 5.91 Å². The van der Waals surface area contributed by atoms with Gasteiger partial charge in [-0.2, -0.15) is 0 Å². The van der Waals surface area contributed by atoms with E-state index in [0.29, 0.717) is 23.7 Å². The highest BCUT2D eigenvalue weighted by Crippen LogP contribution is 2.29. The van der Waals surface area contributed by atoms with Crippen LogP contribution < -0.4 is 4.31 Å². The van der Waals surface area contributed by atoms with E-state index in [0.717, 1.165) is 17.4 Å². The molecule has 27 heavy (non-hydrogen) atoms.